The Morgan fingerprint density at radius 2 is 1.76 bits per heavy atom. The maximum Gasteiger partial charge on any atom is 0.332 e. The van der Waals surface area contributed by atoms with Gasteiger partial charge in [-0.1, -0.05) is 51.1 Å². The van der Waals surface area contributed by atoms with Crippen LogP contribution in [0.15, 0.2) is 39.9 Å². The van der Waals surface area contributed by atoms with E-state index in [1.165, 1.54) is 11.6 Å². The molecule has 1 N–H and O–H groups in total. The lowest BCUT2D eigenvalue weighted by molar-refractivity contribution is 0.420. The second kappa shape index (κ2) is 6.98. The molecule has 0 aliphatic heterocycles. The molecule has 132 valence electrons. The second-order valence-corrected chi connectivity index (χ2v) is 6.73. The van der Waals surface area contributed by atoms with E-state index in [-0.39, 0.29) is 22.8 Å². The van der Waals surface area contributed by atoms with Gasteiger partial charge in [-0.15, -0.1) is 0 Å². The summed E-state index contributed by atoms with van der Waals surface area (Å²) in [4.78, 5) is 24.5. The van der Waals surface area contributed by atoms with Gasteiger partial charge in [0.25, 0.3) is 5.56 Å². The van der Waals surface area contributed by atoms with Gasteiger partial charge in [0.1, 0.15) is 11.9 Å². The largest absolute Gasteiger partial charge is 0.366 e. The average Bonchev–Trinajstić information content (AvgIpc) is 2.62. The molecule has 1 atom stereocenters. The average molecular weight is 340 g/mol. The van der Waals surface area contributed by atoms with Gasteiger partial charge in [-0.2, -0.15) is 5.26 Å². The van der Waals surface area contributed by atoms with E-state index in [2.05, 4.69) is 31.3 Å². The van der Waals surface area contributed by atoms with E-state index in [0.29, 0.717) is 0 Å². The summed E-state index contributed by atoms with van der Waals surface area (Å²) in [6, 6.07) is 11.9. The van der Waals surface area contributed by atoms with E-state index in [1.54, 1.807) is 7.05 Å². The molecule has 1 heterocycles. The fourth-order valence-electron chi connectivity index (χ4n) is 3.14. The Kier molecular flexibility index (Phi) is 5.17. The molecule has 0 saturated carbocycles. The van der Waals surface area contributed by atoms with Gasteiger partial charge in [0.2, 0.25) is 0 Å². The molecular formula is C19H24N4O2. The lowest BCUT2D eigenvalue weighted by atomic mass is 9.76. The molecule has 0 aliphatic carbocycles. The first-order valence-corrected chi connectivity index (χ1v) is 8.27. The van der Waals surface area contributed by atoms with Crippen molar-refractivity contribution >= 4 is 5.82 Å². The molecule has 1 aromatic carbocycles. The van der Waals surface area contributed by atoms with E-state index in [9.17, 15) is 14.9 Å². The SMILES string of the molecule is CCC(Nc1c(C#N)c(=O)n(C)c(=O)n1C)C(C)(C)c1ccccc1. The number of benzene rings is 1. The number of nitriles is 1. The highest BCUT2D eigenvalue weighted by molar-refractivity contribution is 5.52. The Labute approximate surface area is 147 Å². The molecule has 0 saturated heterocycles. The second-order valence-electron chi connectivity index (χ2n) is 6.73. The zero-order chi connectivity index (χ0) is 18.8. The van der Waals surface area contributed by atoms with Crippen LogP contribution >= 0.6 is 0 Å². The Hall–Kier alpha value is -2.81. The molecule has 1 aromatic heterocycles. The van der Waals surface area contributed by atoms with E-state index in [4.69, 9.17) is 0 Å². The summed E-state index contributed by atoms with van der Waals surface area (Å²) in [5.74, 6) is 0.270. The molecule has 6 nitrogen and oxygen atoms in total. The normalized spacial score (nSPS) is 12.5. The standard InChI is InChI=1S/C19H24N4O2/c1-6-15(19(2,3)13-10-8-7-9-11-13)21-16-14(12-20)17(24)23(5)18(25)22(16)4/h7-11,15,21H,6H2,1-5H3. The number of nitrogens with zero attached hydrogens (tertiary/aromatic N) is 3. The maximum absolute atomic E-state index is 12.3. The van der Waals surface area contributed by atoms with Gasteiger partial charge >= 0.3 is 5.69 Å². The number of hydrogen-bond donors (Lipinski definition) is 1. The first kappa shape index (κ1) is 18.5. The van der Waals surface area contributed by atoms with Crippen molar-refractivity contribution in [2.45, 2.75) is 38.6 Å². The van der Waals surface area contributed by atoms with Crippen LogP contribution in [0.3, 0.4) is 0 Å². The molecular weight excluding hydrogens is 316 g/mol. The predicted molar refractivity (Wildman–Crippen MR) is 98.8 cm³/mol. The van der Waals surface area contributed by atoms with Gasteiger partial charge < -0.3 is 5.32 Å². The minimum atomic E-state index is -0.583. The van der Waals surface area contributed by atoms with E-state index in [1.807, 2.05) is 31.2 Å². The Bertz CT molecular complexity index is 917. The van der Waals surface area contributed by atoms with Crippen molar-refractivity contribution in [1.82, 2.24) is 9.13 Å². The molecule has 2 rings (SSSR count). The van der Waals surface area contributed by atoms with E-state index in [0.717, 1.165) is 16.6 Å². The van der Waals surface area contributed by atoms with Gasteiger partial charge in [-0.3, -0.25) is 13.9 Å². The molecule has 0 radical (unpaired) electrons. The van der Waals surface area contributed by atoms with Gasteiger partial charge in [0.05, 0.1) is 0 Å². The number of anilines is 1. The minimum absolute atomic E-state index is 0.0492. The van der Waals surface area contributed by atoms with Crippen molar-refractivity contribution < 1.29 is 0 Å². The Balaban J connectivity index is 2.56. The quantitative estimate of drug-likeness (QED) is 0.904. The zero-order valence-corrected chi connectivity index (χ0v) is 15.3. The van der Waals surface area contributed by atoms with Crippen LogP contribution < -0.4 is 16.6 Å². The highest BCUT2D eigenvalue weighted by atomic mass is 16.2. The lowest BCUT2D eigenvalue weighted by Gasteiger charge is -2.36. The summed E-state index contributed by atoms with van der Waals surface area (Å²) in [6.07, 6.45) is 0.760. The molecule has 2 aromatic rings. The summed E-state index contributed by atoms with van der Waals surface area (Å²) < 4.78 is 2.27. The third kappa shape index (κ3) is 3.22. The van der Waals surface area contributed by atoms with Crippen molar-refractivity contribution in [3.8, 4) is 6.07 Å². The summed E-state index contributed by atoms with van der Waals surface area (Å²) >= 11 is 0. The molecule has 0 fully saturated rings. The van der Waals surface area contributed by atoms with Crippen LogP contribution in [0.1, 0.15) is 38.3 Å². The summed E-state index contributed by atoms with van der Waals surface area (Å²) in [7, 11) is 2.94. The third-order valence-electron chi connectivity index (χ3n) is 4.88. The maximum atomic E-state index is 12.3. The Morgan fingerprint density at radius 1 is 1.16 bits per heavy atom. The molecule has 0 aliphatic rings. The van der Waals surface area contributed by atoms with Crippen LogP contribution in [0.2, 0.25) is 0 Å². The third-order valence-corrected chi connectivity index (χ3v) is 4.88. The summed E-state index contributed by atoms with van der Waals surface area (Å²) in [6.45, 7) is 6.25. The lowest BCUT2D eigenvalue weighted by Crippen LogP contribution is -2.44. The van der Waals surface area contributed by atoms with Gasteiger partial charge in [-0.05, 0) is 12.0 Å². The highest BCUT2D eigenvalue weighted by Crippen LogP contribution is 2.31. The van der Waals surface area contributed by atoms with Gasteiger partial charge in [0.15, 0.2) is 5.56 Å². The van der Waals surface area contributed by atoms with Crippen LogP contribution in [-0.4, -0.2) is 15.2 Å². The monoisotopic (exact) mass is 340 g/mol. The fraction of sp³-hybridized carbons (Fsp3) is 0.421. The van der Waals surface area contributed by atoms with Crippen LogP contribution in [0.25, 0.3) is 0 Å². The Morgan fingerprint density at radius 3 is 2.28 bits per heavy atom. The van der Waals surface area contributed by atoms with Crippen molar-refractivity contribution in [2.75, 3.05) is 5.32 Å². The minimum Gasteiger partial charge on any atom is -0.366 e. The first-order chi connectivity index (χ1) is 11.8. The molecule has 1 unspecified atom stereocenters. The van der Waals surface area contributed by atoms with E-state index < -0.39 is 11.2 Å². The van der Waals surface area contributed by atoms with E-state index >= 15 is 0 Å². The predicted octanol–water partition coefficient (Wildman–Crippen LogP) is 2.12. The molecule has 6 heteroatoms. The van der Waals surface area contributed by atoms with Crippen molar-refractivity contribution in [1.29, 1.82) is 5.26 Å². The molecule has 0 amide bonds. The van der Waals surface area contributed by atoms with Crippen LogP contribution in [0.5, 0.6) is 0 Å². The molecule has 0 bridgehead atoms. The van der Waals surface area contributed by atoms with Gasteiger partial charge in [-0.25, -0.2) is 4.79 Å². The fourth-order valence-corrected chi connectivity index (χ4v) is 3.14. The molecule has 0 spiro atoms. The topological polar surface area (TPSA) is 79.8 Å². The van der Waals surface area contributed by atoms with Crippen molar-refractivity contribution in [2.24, 2.45) is 14.1 Å². The summed E-state index contributed by atoms with van der Waals surface area (Å²) in [5, 5.41) is 12.7. The van der Waals surface area contributed by atoms with Crippen molar-refractivity contribution in [3.63, 3.8) is 0 Å². The first-order valence-electron chi connectivity index (χ1n) is 8.27. The summed E-state index contributed by atoms with van der Waals surface area (Å²) in [5.41, 5.74) is -0.215. The van der Waals surface area contributed by atoms with Crippen LogP contribution in [0, 0.1) is 11.3 Å². The number of rotatable bonds is 5. The van der Waals surface area contributed by atoms with Crippen LogP contribution in [0.4, 0.5) is 5.82 Å². The smallest absolute Gasteiger partial charge is 0.332 e. The van der Waals surface area contributed by atoms with Crippen LogP contribution in [-0.2, 0) is 19.5 Å². The number of hydrogen-bond acceptors (Lipinski definition) is 4. The molecule has 25 heavy (non-hydrogen) atoms. The van der Waals surface area contributed by atoms with Gasteiger partial charge in [0, 0.05) is 25.6 Å². The zero-order valence-electron chi connectivity index (χ0n) is 15.3. The number of nitrogens with one attached hydrogen (secondary N) is 1. The number of aromatic nitrogens is 2. The van der Waals surface area contributed by atoms with Crippen molar-refractivity contribution in [3.05, 3.63) is 62.3 Å². The highest BCUT2D eigenvalue weighted by Gasteiger charge is 2.31.